The fourth-order valence-electron chi connectivity index (χ4n) is 1.64. The highest BCUT2D eigenvalue weighted by atomic mass is 35.5. The van der Waals surface area contributed by atoms with Gasteiger partial charge in [-0.05, 0) is 6.07 Å². The van der Waals surface area contributed by atoms with Crippen molar-refractivity contribution in [1.29, 1.82) is 0 Å². The molecule has 1 atom stereocenters. The first-order chi connectivity index (χ1) is 8.68. The van der Waals surface area contributed by atoms with Crippen LogP contribution >= 0.6 is 11.6 Å². The van der Waals surface area contributed by atoms with Gasteiger partial charge in [0.1, 0.15) is 12.2 Å². The molecule has 0 fully saturated rings. The van der Waals surface area contributed by atoms with Gasteiger partial charge >= 0.3 is 0 Å². The van der Waals surface area contributed by atoms with Gasteiger partial charge < -0.3 is 15.0 Å². The van der Waals surface area contributed by atoms with Gasteiger partial charge in [-0.2, -0.15) is 0 Å². The maximum Gasteiger partial charge on any atom is 0.146 e. The van der Waals surface area contributed by atoms with Gasteiger partial charge in [-0.1, -0.05) is 29.8 Å². The molecule has 2 aromatic rings. The summed E-state index contributed by atoms with van der Waals surface area (Å²) in [7, 11) is 1.88. The Labute approximate surface area is 110 Å². The molecule has 0 bridgehead atoms. The summed E-state index contributed by atoms with van der Waals surface area (Å²) >= 11 is 6.01. The average molecular weight is 267 g/mol. The molecule has 0 radical (unpaired) electrons. The second kappa shape index (κ2) is 5.95. The zero-order valence-electron chi connectivity index (χ0n) is 10.0. The highest BCUT2D eigenvalue weighted by molar-refractivity contribution is 6.31. The lowest BCUT2D eigenvalue weighted by Gasteiger charge is -2.13. The number of rotatable bonds is 5. The Hall–Kier alpha value is -1.43. The summed E-state index contributed by atoms with van der Waals surface area (Å²) in [5.74, 6) is 0.821. The van der Waals surface area contributed by atoms with E-state index in [0.717, 1.165) is 11.4 Å². The third kappa shape index (κ3) is 3.07. The molecule has 2 rings (SSSR count). The standard InChI is InChI=1S/C12H15ClN4O/c1-17-8-15-16-12(17)7-14-6-11(18)9-4-2-3-5-10(9)13/h2-5,8,11,14,18H,6-7H2,1H3. The minimum Gasteiger partial charge on any atom is -0.387 e. The zero-order valence-corrected chi connectivity index (χ0v) is 10.8. The molecule has 6 heteroatoms. The van der Waals surface area contributed by atoms with Gasteiger partial charge in [0.2, 0.25) is 0 Å². The highest BCUT2D eigenvalue weighted by Crippen LogP contribution is 2.21. The van der Waals surface area contributed by atoms with Gasteiger partial charge in [0.05, 0.1) is 12.6 Å². The van der Waals surface area contributed by atoms with Crippen molar-refractivity contribution in [2.45, 2.75) is 12.6 Å². The van der Waals surface area contributed by atoms with E-state index in [1.54, 1.807) is 12.4 Å². The first-order valence-electron chi connectivity index (χ1n) is 5.64. The van der Waals surface area contributed by atoms with Crippen molar-refractivity contribution >= 4 is 11.6 Å². The van der Waals surface area contributed by atoms with Gasteiger partial charge in [-0.25, -0.2) is 0 Å². The van der Waals surface area contributed by atoms with Crippen LogP contribution in [-0.4, -0.2) is 26.4 Å². The van der Waals surface area contributed by atoms with Crippen molar-refractivity contribution in [2.75, 3.05) is 6.54 Å². The SMILES string of the molecule is Cn1cnnc1CNCC(O)c1ccccc1Cl. The van der Waals surface area contributed by atoms with Crippen LogP contribution in [0, 0.1) is 0 Å². The Morgan fingerprint density at radius 3 is 2.89 bits per heavy atom. The van der Waals surface area contributed by atoms with Crippen LogP contribution in [0.1, 0.15) is 17.5 Å². The first-order valence-corrected chi connectivity index (χ1v) is 6.02. The fraction of sp³-hybridized carbons (Fsp3) is 0.333. The summed E-state index contributed by atoms with van der Waals surface area (Å²) in [6.07, 6.45) is 1.01. The van der Waals surface area contributed by atoms with E-state index in [4.69, 9.17) is 11.6 Å². The molecule has 0 aliphatic rings. The number of halogens is 1. The Morgan fingerprint density at radius 2 is 2.22 bits per heavy atom. The van der Waals surface area contributed by atoms with Crippen LogP contribution in [0.5, 0.6) is 0 Å². The molecule has 1 heterocycles. The smallest absolute Gasteiger partial charge is 0.146 e. The number of hydrogen-bond acceptors (Lipinski definition) is 4. The van der Waals surface area contributed by atoms with Crippen molar-refractivity contribution in [1.82, 2.24) is 20.1 Å². The molecule has 1 aromatic carbocycles. The fourth-order valence-corrected chi connectivity index (χ4v) is 1.90. The van der Waals surface area contributed by atoms with E-state index in [-0.39, 0.29) is 0 Å². The summed E-state index contributed by atoms with van der Waals surface area (Å²) < 4.78 is 1.83. The van der Waals surface area contributed by atoms with E-state index in [2.05, 4.69) is 15.5 Å². The predicted molar refractivity (Wildman–Crippen MR) is 69.1 cm³/mol. The zero-order chi connectivity index (χ0) is 13.0. The number of aromatic nitrogens is 3. The van der Waals surface area contributed by atoms with Crippen LogP contribution in [0.2, 0.25) is 5.02 Å². The maximum absolute atomic E-state index is 10.0. The Balaban J connectivity index is 1.87. The van der Waals surface area contributed by atoms with Crippen molar-refractivity contribution < 1.29 is 5.11 Å². The minimum atomic E-state index is -0.632. The Kier molecular flexibility index (Phi) is 4.30. The summed E-state index contributed by atoms with van der Waals surface area (Å²) in [5.41, 5.74) is 0.727. The molecule has 0 saturated heterocycles. The topological polar surface area (TPSA) is 63.0 Å². The lowest BCUT2D eigenvalue weighted by atomic mass is 10.1. The molecule has 0 aliphatic heterocycles. The van der Waals surface area contributed by atoms with E-state index in [0.29, 0.717) is 18.1 Å². The number of aliphatic hydroxyl groups is 1. The van der Waals surface area contributed by atoms with Crippen LogP contribution in [0.3, 0.4) is 0 Å². The highest BCUT2D eigenvalue weighted by Gasteiger charge is 2.10. The third-order valence-electron chi connectivity index (χ3n) is 2.69. The van der Waals surface area contributed by atoms with Crippen LogP contribution in [0.4, 0.5) is 0 Å². The van der Waals surface area contributed by atoms with Crippen molar-refractivity contribution in [2.24, 2.45) is 7.05 Å². The van der Waals surface area contributed by atoms with Crippen molar-refractivity contribution in [3.8, 4) is 0 Å². The molecule has 5 nitrogen and oxygen atoms in total. The number of nitrogens with one attached hydrogen (secondary N) is 1. The number of nitrogens with zero attached hydrogens (tertiary/aromatic N) is 3. The third-order valence-corrected chi connectivity index (χ3v) is 3.03. The minimum absolute atomic E-state index is 0.413. The molecule has 18 heavy (non-hydrogen) atoms. The molecular weight excluding hydrogens is 252 g/mol. The molecule has 2 N–H and O–H groups in total. The van der Waals surface area contributed by atoms with E-state index < -0.39 is 6.10 Å². The summed E-state index contributed by atoms with van der Waals surface area (Å²) in [4.78, 5) is 0. The van der Waals surface area contributed by atoms with Crippen molar-refractivity contribution in [3.05, 3.63) is 47.0 Å². The number of benzene rings is 1. The summed E-state index contributed by atoms with van der Waals surface area (Å²) in [6, 6.07) is 7.28. The van der Waals surface area contributed by atoms with E-state index >= 15 is 0 Å². The quantitative estimate of drug-likeness (QED) is 0.856. The molecule has 0 amide bonds. The van der Waals surface area contributed by atoms with Gasteiger partial charge in [0.15, 0.2) is 0 Å². The lowest BCUT2D eigenvalue weighted by molar-refractivity contribution is 0.174. The van der Waals surface area contributed by atoms with Crippen molar-refractivity contribution in [3.63, 3.8) is 0 Å². The van der Waals surface area contributed by atoms with Gasteiger partial charge in [-0.3, -0.25) is 0 Å². The largest absolute Gasteiger partial charge is 0.387 e. The molecule has 1 unspecified atom stereocenters. The normalized spacial score (nSPS) is 12.6. The van der Waals surface area contributed by atoms with Gasteiger partial charge in [0.25, 0.3) is 0 Å². The Morgan fingerprint density at radius 1 is 1.44 bits per heavy atom. The van der Waals surface area contributed by atoms with Crippen LogP contribution in [0.25, 0.3) is 0 Å². The summed E-state index contributed by atoms with van der Waals surface area (Å²) in [5, 5.41) is 21.4. The second-order valence-corrected chi connectivity index (χ2v) is 4.43. The first kappa shape index (κ1) is 13.0. The van der Waals surface area contributed by atoms with E-state index in [1.165, 1.54) is 0 Å². The van der Waals surface area contributed by atoms with Crippen LogP contribution in [0.15, 0.2) is 30.6 Å². The molecule has 0 saturated carbocycles. The second-order valence-electron chi connectivity index (χ2n) is 4.03. The molecule has 0 spiro atoms. The summed E-state index contributed by atoms with van der Waals surface area (Å²) in [6.45, 7) is 0.967. The molecule has 1 aromatic heterocycles. The van der Waals surface area contributed by atoms with E-state index in [1.807, 2.05) is 29.8 Å². The molecular formula is C12H15ClN4O. The Bertz CT molecular complexity index is 514. The monoisotopic (exact) mass is 266 g/mol. The lowest BCUT2D eigenvalue weighted by Crippen LogP contribution is -2.22. The van der Waals surface area contributed by atoms with Gasteiger partial charge in [0, 0.05) is 24.2 Å². The molecule has 96 valence electrons. The number of hydrogen-bond donors (Lipinski definition) is 2. The number of aryl methyl sites for hydroxylation is 1. The average Bonchev–Trinajstić information content (AvgIpc) is 2.75. The molecule has 0 aliphatic carbocycles. The van der Waals surface area contributed by atoms with Crippen LogP contribution in [-0.2, 0) is 13.6 Å². The van der Waals surface area contributed by atoms with E-state index in [9.17, 15) is 5.11 Å². The predicted octanol–water partition coefficient (Wildman–Crippen LogP) is 1.29. The van der Waals surface area contributed by atoms with Crippen LogP contribution < -0.4 is 5.32 Å². The van der Waals surface area contributed by atoms with Gasteiger partial charge in [-0.15, -0.1) is 10.2 Å². The maximum atomic E-state index is 10.0. The number of aliphatic hydroxyl groups excluding tert-OH is 1.